The number of rotatable bonds is 6. The van der Waals surface area contributed by atoms with Crippen LogP contribution in [-0.2, 0) is 0 Å². The van der Waals surface area contributed by atoms with E-state index in [1.54, 1.807) is 43.0 Å². The standard InChI is InChI=1S/C27H21FN8O/c28-22-17(15-11-16(13-29-12-15)32-27(37)14-4-5-14)6-7-20-21(22)24(36-35-20)26-33-23-18(8-10-31-25(23)34-26)19-3-1-2-9-30-19/h1-3,6-14,27,32,37H,4-5H2,(H,35,36)(H,31,33,34). The first-order valence-electron chi connectivity index (χ1n) is 12.0. The maximum atomic E-state index is 16.0. The number of benzene rings is 1. The average molecular weight is 493 g/mol. The van der Waals surface area contributed by atoms with Crippen LogP contribution >= 0.6 is 0 Å². The van der Waals surface area contributed by atoms with Gasteiger partial charge in [-0.3, -0.25) is 15.1 Å². The zero-order chi connectivity index (χ0) is 24.9. The van der Waals surface area contributed by atoms with Crippen molar-refractivity contribution in [2.24, 2.45) is 5.92 Å². The van der Waals surface area contributed by atoms with Crippen LogP contribution in [0.1, 0.15) is 12.8 Å². The van der Waals surface area contributed by atoms with Crippen molar-refractivity contribution in [1.82, 2.24) is 35.1 Å². The Labute approximate surface area is 209 Å². The molecule has 1 aromatic carbocycles. The highest BCUT2D eigenvalue weighted by Gasteiger charge is 2.29. The minimum atomic E-state index is -0.637. The molecular weight excluding hydrogens is 471 g/mol. The third-order valence-corrected chi connectivity index (χ3v) is 6.65. The number of halogens is 1. The van der Waals surface area contributed by atoms with E-state index in [4.69, 9.17) is 4.98 Å². The molecule has 37 heavy (non-hydrogen) atoms. The number of aromatic amines is 2. The van der Waals surface area contributed by atoms with Gasteiger partial charge in [-0.2, -0.15) is 5.10 Å². The number of nitrogens with zero attached hydrogens (tertiary/aromatic N) is 5. The highest BCUT2D eigenvalue weighted by Crippen LogP contribution is 2.36. The smallest absolute Gasteiger partial charge is 0.161 e. The second-order valence-corrected chi connectivity index (χ2v) is 9.17. The van der Waals surface area contributed by atoms with Crippen LogP contribution in [-0.4, -0.2) is 46.5 Å². The molecule has 4 N–H and O–H groups in total. The van der Waals surface area contributed by atoms with Crippen LogP contribution < -0.4 is 5.32 Å². The van der Waals surface area contributed by atoms with Gasteiger partial charge in [-0.05, 0) is 49.2 Å². The zero-order valence-corrected chi connectivity index (χ0v) is 19.5. The molecule has 1 atom stereocenters. The van der Waals surface area contributed by atoms with Gasteiger partial charge < -0.3 is 15.4 Å². The summed E-state index contributed by atoms with van der Waals surface area (Å²) in [5.74, 6) is 0.206. The summed E-state index contributed by atoms with van der Waals surface area (Å²) < 4.78 is 16.0. The maximum absolute atomic E-state index is 16.0. The summed E-state index contributed by atoms with van der Waals surface area (Å²) in [6, 6.07) is 12.8. The molecule has 1 aliphatic rings. The summed E-state index contributed by atoms with van der Waals surface area (Å²) in [5.41, 5.74) is 5.25. The van der Waals surface area contributed by atoms with Crippen LogP contribution in [0.25, 0.3) is 56.0 Å². The first kappa shape index (κ1) is 21.6. The summed E-state index contributed by atoms with van der Waals surface area (Å²) >= 11 is 0. The normalized spacial score (nSPS) is 14.3. The quantitative estimate of drug-likeness (QED) is 0.243. The Kier molecular flexibility index (Phi) is 4.93. The summed E-state index contributed by atoms with van der Waals surface area (Å²) in [4.78, 5) is 21.0. The predicted molar refractivity (Wildman–Crippen MR) is 138 cm³/mol. The predicted octanol–water partition coefficient (Wildman–Crippen LogP) is 4.90. The molecule has 6 aromatic rings. The monoisotopic (exact) mass is 492 g/mol. The fraction of sp³-hybridized carbons (Fsp3) is 0.148. The van der Waals surface area contributed by atoms with Gasteiger partial charge in [0.25, 0.3) is 0 Å². The van der Waals surface area contributed by atoms with Crippen molar-refractivity contribution >= 4 is 27.8 Å². The molecule has 5 aromatic heterocycles. The van der Waals surface area contributed by atoms with Crippen LogP contribution in [0.2, 0.25) is 0 Å². The average Bonchev–Trinajstić information content (AvgIpc) is 3.54. The fourth-order valence-corrected chi connectivity index (χ4v) is 4.59. The SMILES string of the molecule is OC(Nc1cncc(-c2ccc3[nH]nc(-c4nc5c(-c6ccccn6)ccnc5[nH]4)c3c2F)c1)C1CC1. The fourth-order valence-electron chi connectivity index (χ4n) is 4.59. The third-order valence-electron chi connectivity index (χ3n) is 6.65. The molecule has 0 amide bonds. The Bertz CT molecular complexity index is 1760. The van der Waals surface area contributed by atoms with E-state index >= 15 is 4.39 Å². The van der Waals surface area contributed by atoms with Gasteiger partial charge in [0.1, 0.15) is 23.3 Å². The van der Waals surface area contributed by atoms with Gasteiger partial charge in [0.15, 0.2) is 11.5 Å². The highest BCUT2D eigenvalue weighted by molar-refractivity contribution is 5.97. The Hall–Kier alpha value is -4.70. The molecule has 9 nitrogen and oxygen atoms in total. The van der Waals surface area contributed by atoms with E-state index in [-0.39, 0.29) is 5.92 Å². The number of anilines is 1. The number of aliphatic hydroxyl groups is 1. The van der Waals surface area contributed by atoms with E-state index in [0.29, 0.717) is 50.4 Å². The second-order valence-electron chi connectivity index (χ2n) is 9.17. The molecule has 7 rings (SSSR count). The highest BCUT2D eigenvalue weighted by atomic mass is 19.1. The van der Waals surface area contributed by atoms with Crippen LogP contribution in [0.4, 0.5) is 10.1 Å². The van der Waals surface area contributed by atoms with Crippen molar-refractivity contribution in [2.75, 3.05) is 5.32 Å². The lowest BCUT2D eigenvalue weighted by Crippen LogP contribution is -2.20. The van der Waals surface area contributed by atoms with E-state index < -0.39 is 12.0 Å². The summed E-state index contributed by atoms with van der Waals surface area (Å²) in [7, 11) is 0. The number of hydrogen-bond acceptors (Lipinski definition) is 7. The molecular formula is C27H21FN8O. The zero-order valence-electron chi connectivity index (χ0n) is 19.5. The van der Waals surface area contributed by atoms with E-state index in [9.17, 15) is 5.11 Å². The number of hydrogen-bond donors (Lipinski definition) is 4. The van der Waals surface area contributed by atoms with Crippen molar-refractivity contribution in [3.8, 4) is 33.9 Å². The van der Waals surface area contributed by atoms with Crippen LogP contribution in [0.5, 0.6) is 0 Å². The summed E-state index contributed by atoms with van der Waals surface area (Å²) in [6.45, 7) is 0. The van der Waals surface area contributed by atoms with Crippen molar-refractivity contribution in [3.05, 3.63) is 73.1 Å². The van der Waals surface area contributed by atoms with Gasteiger partial charge in [0, 0.05) is 41.2 Å². The van der Waals surface area contributed by atoms with Gasteiger partial charge >= 0.3 is 0 Å². The Morgan fingerprint density at radius 3 is 2.78 bits per heavy atom. The van der Waals surface area contributed by atoms with Crippen molar-refractivity contribution in [3.63, 3.8) is 0 Å². The lowest BCUT2D eigenvalue weighted by atomic mass is 10.0. The Morgan fingerprint density at radius 1 is 1.03 bits per heavy atom. The number of imidazole rings is 1. The molecule has 0 radical (unpaired) electrons. The van der Waals surface area contributed by atoms with Crippen LogP contribution in [0.15, 0.2) is 67.3 Å². The molecule has 1 saturated carbocycles. The lowest BCUT2D eigenvalue weighted by Gasteiger charge is -2.14. The van der Waals surface area contributed by atoms with Crippen molar-refractivity contribution in [1.29, 1.82) is 0 Å². The topological polar surface area (TPSA) is 128 Å². The molecule has 10 heteroatoms. The number of aromatic nitrogens is 7. The molecule has 1 aliphatic carbocycles. The third kappa shape index (κ3) is 3.78. The molecule has 1 fully saturated rings. The van der Waals surface area contributed by atoms with Gasteiger partial charge in [-0.25, -0.2) is 14.4 Å². The number of fused-ring (bicyclic) bond motifs is 2. The minimum Gasteiger partial charge on any atom is -0.374 e. The number of nitrogens with one attached hydrogen (secondary N) is 3. The van der Waals surface area contributed by atoms with Gasteiger partial charge in [-0.1, -0.05) is 6.07 Å². The summed E-state index contributed by atoms with van der Waals surface area (Å²) in [5, 5.41) is 20.9. The largest absolute Gasteiger partial charge is 0.374 e. The van der Waals surface area contributed by atoms with Gasteiger partial charge in [0.2, 0.25) is 0 Å². The van der Waals surface area contributed by atoms with E-state index in [1.807, 2.05) is 24.3 Å². The second kappa shape index (κ2) is 8.45. The Morgan fingerprint density at radius 2 is 1.95 bits per heavy atom. The number of H-pyrrole nitrogens is 2. The van der Waals surface area contributed by atoms with Gasteiger partial charge in [0.05, 0.1) is 28.5 Å². The molecule has 0 aliphatic heterocycles. The molecule has 0 saturated heterocycles. The summed E-state index contributed by atoms with van der Waals surface area (Å²) in [6.07, 6.45) is 7.98. The minimum absolute atomic E-state index is 0.252. The number of pyridine rings is 3. The maximum Gasteiger partial charge on any atom is 0.161 e. The molecule has 182 valence electrons. The van der Waals surface area contributed by atoms with Crippen molar-refractivity contribution < 1.29 is 9.50 Å². The van der Waals surface area contributed by atoms with E-state index in [0.717, 1.165) is 24.1 Å². The first-order chi connectivity index (χ1) is 18.2. The van der Waals surface area contributed by atoms with Gasteiger partial charge in [-0.15, -0.1) is 0 Å². The van der Waals surface area contributed by atoms with Crippen LogP contribution in [0, 0.1) is 11.7 Å². The van der Waals surface area contributed by atoms with Crippen LogP contribution in [0.3, 0.4) is 0 Å². The van der Waals surface area contributed by atoms with E-state index in [1.165, 1.54) is 0 Å². The molecule has 1 unspecified atom stereocenters. The number of aliphatic hydroxyl groups excluding tert-OH is 1. The van der Waals surface area contributed by atoms with Crippen molar-refractivity contribution in [2.45, 2.75) is 19.1 Å². The molecule has 0 spiro atoms. The Balaban J connectivity index is 1.32. The molecule has 0 bridgehead atoms. The molecule has 5 heterocycles. The lowest BCUT2D eigenvalue weighted by molar-refractivity contribution is 0.180. The first-order valence-corrected chi connectivity index (χ1v) is 12.0. The van der Waals surface area contributed by atoms with E-state index in [2.05, 4.69) is 35.5 Å².